The average Bonchev–Trinajstić information content (AvgIpc) is 2.76. The van der Waals surface area contributed by atoms with Crippen molar-refractivity contribution < 1.29 is 8.42 Å². The molecule has 0 aliphatic heterocycles. The second kappa shape index (κ2) is 5.13. The third-order valence-electron chi connectivity index (χ3n) is 2.97. The first-order valence-corrected chi connectivity index (χ1v) is 8.55. The highest BCUT2D eigenvalue weighted by molar-refractivity contribution is 7.90. The van der Waals surface area contributed by atoms with Gasteiger partial charge >= 0.3 is 0 Å². The van der Waals surface area contributed by atoms with E-state index in [1.807, 2.05) is 18.5 Å². The molecule has 0 saturated heterocycles. The van der Waals surface area contributed by atoms with Gasteiger partial charge in [0.1, 0.15) is 21.2 Å². The normalized spacial score (nSPS) is 12.4. The lowest BCUT2D eigenvalue weighted by Gasteiger charge is -2.08. The van der Waals surface area contributed by atoms with Gasteiger partial charge in [0, 0.05) is 32.1 Å². The molecule has 0 aromatic carbocycles. The molecule has 19 heavy (non-hydrogen) atoms. The van der Waals surface area contributed by atoms with Crippen molar-refractivity contribution in [3.63, 3.8) is 0 Å². The molecule has 106 valence electrons. The molecule has 2 aromatic rings. The number of fused-ring (bicyclic) bond motifs is 1. The molecular weight excluding hydrogens is 288 g/mol. The summed E-state index contributed by atoms with van der Waals surface area (Å²) in [5.41, 5.74) is 2.50. The van der Waals surface area contributed by atoms with Crippen molar-refractivity contribution in [1.29, 1.82) is 0 Å². The maximum atomic E-state index is 11.3. The molecule has 0 bridgehead atoms. The largest absolute Gasteiger partial charge is 0.312 e. The minimum atomic E-state index is -3.02. The molecule has 0 aliphatic rings. The fourth-order valence-corrected chi connectivity index (χ4v) is 2.83. The van der Waals surface area contributed by atoms with Crippen molar-refractivity contribution >= 4 is 32.6 Å². The van der Waals surface area contributed by atoms with Gasteiger partial charge in [-0.3, -0.25) is 4.68 Å². The monoisotopic (exact) mass is 304 g/mol. The summed E-state index contributed by atoms with van der Waals surface area (Å²) in [5.74, 6) is 1.34. The molecule has 2 rings (SSSR count). The molecule has 6 nitrogen and oxygen atoms in total. The van der Waals surface area contributed by atoms with Crippen LogP contribution in [0.2, 0.25) is 0 Å². The number of alkyl halides is 1. The number of hydrogen-bond acceptors (Lipinski definition) is 4. The SMILES string of the molecule is Cc1nn(C)c2c1nc(CCCl)n2CCS(C)(=O)=O. The number of nitrogens with zero attached hydrogens (tertiary/aromatic N) is 4. The quantitative estimate of drug-likeness (QED) is 0.770. The van der Waals surface area contributed by atoms with Gasteiger partial charge in [0.2, 0.25) is 0 Å². The van der Waals surface area contributed by atoms with Gasteiger partial charge in [0.25, 0.3) is 0 Å². The van der Waals surface area contributed by atoms with Crippen LogP contribution in [0.3, 0.4) is 0 Å². The Labute approximate surface area is 117 Å². The molecule has 0 unspecified atom stereocenters. The van der Waals surface area contributed by atoms with E-state index in [-0.39, 0.29) is 5.75 Å². The molecule has 0 radical (unpaired) electrons. The Morgan fingerprint density at radius 2 is 2.05 bits per heavy atom. The molecule has 0 atom stereocenters. The third kappa shape index (κ3) is 2.92. The summed E-state index contributed by atoms with van der Waals surface area (Å²) in [6, 6.07) is 0. The van der Waals surface area contributed by atoms with E-state index in [4.69, 9.17) is 11.6 Å². The molecule has 0 spiro atoms. The predicted molar refractivity (Wildman–Crippen MR) is 75.4 cm³/mol. The Hall–Kier alpha value is -1.08. The third-order valence-corrected chi connectivity index (χ3v) is 4.09. The van der Waals surface area contributed by atoms with Crippen LogP contribution in [0.15, 0.2) is 0 Å². The van der Waals surface area contributed by atoms with E-state index in [1.54, 1.807) is 4.68 Å². The minimum Gasteiger partial charge on any atom is -0.312 e. The number of hydrogen-bond donors (Lipinski definition) is 0. The van der Waals surface area contributed by atoms with Crippen LogP contribution in [0, 0.1) is 6.92 Å². The van der Waals surface area contributed by atoms with E-state index in [1.165, 1.54) is 6.26 Å². The van der Waals surface area contributed by atoms with Gasteiger partial charge in [-0.15, -0.1) is 11.6 Å². The summed E-state index contributed by atoms with van der Waals surface area (Å²) >= 11 is 5.78. The van der Waals surface area contributed by atoms with Gasteiger partial charge in [-0.25, -0.2) is 13.4 Å². The summed E-state index contributed by atoms with van der Waals surface area (Å²) in [7, 11) is -1.19. The lowest BCUT2D eigenvalue weighted by Crippen LogP contribution is -2.15. The molecule has 2 heterocycles. The first-order chi connectivity index (χ1) is 8.83. The fraction of sp³-hybridized carbons (Fsp3) is 0.636. The number of halogens is 1. The van der Waals surface area contributed by atoms with Crippen LogP contribution < -0.4 is 0 Å². The van der Waals surface area contributed by atoms with Gasteiger partial charge in [-0.05, 0) is 6.92 Å². The fourth-order valence-electron chi connectivity index (χ4n) is 2.15. The zero-order valence-corrected chi connectivity index (χ0v) is 12.8. The van der Waals surface area contributed by atoms with Crippen molar-refractivity contribution in [2.75, 3.05) is 17.9 Å². The van der Waals surface area contributed by atoms with E-state index < -0.39 is 9.84 Å². The predicted octanol–water partition coefficient (Wildman–Crippen LogP) is 0.904. The van der Waals surface area contributed by atoms with Gasteiger partial charge < -0.3 is 4.57 Å². The number of sulfone groups is 1. The van der Waals surface area contributed by atoms with Gasteiger partial charge in [0.15, 0.2) is 5.65 Å². The lowest BCUT2D eigenvalue weighted by molar-refractivity contribution is 0.591. The van der Waals surface area contributed by atoms with Crippen LogP contribution in [0.5, 0.6) is 0 Å². The van der Waals surface area contributed by atoms with Crippen LogP contribution in [0.25, 0.3) is 11.2 Å². The number of rotatable bonds is 5. The van der Waals surface area contributed by atoms with Crippen LogP contribution in [-0.2, 0) is 29.9 Å². The Balaban J connectivity index is 2.51. The second-order valence-corrected chi connectivity index (χ2v) is 7.27. The smallest absolute Gasteiger partial charge is 0.158 e. The first kappa shape index (κ1) is 14.3. The molecule has 0 fully saturated rings. The first-order valence-electron chi connectivity index (χ1n) is 5.96. The van der Waals surface area contributed by atoms with Gasteiger partial charge in [0.05, 0.1) is 11.4 Å². The zero-order chi connectivity index (χ0) is 14.2. The highest BCUT2D eigenvalue weighted by Gasteiger charge is 2.17. The Morgan fingerprint density at radius 1 is 1.37 bits per heavy atom. The molecule has 0 N–H and O–H groups in total. The highest BCUT2D eigenvalue weighted by atomic mass is 35.5. The summed E-state index contributed by atoms with van der Waals surface area (Å²) < 4.78 is 26.3. The van der Waals surface area contributed by atoms with Crippen molar-refractivity contribution in [1.82, 2.24) is 19.3 Å². The van der Waals surface area contributed by atoms with Crippen molar-refractivity contribution in [3.05, 3.63) is 11.5 Å². The topological polar surface area (TPSA) is 69.8 Å². The maximum Gasteiger partial charge on any atom is 0.158 e. The Bertz CT molecular complexity index is 702. The average molecular weight is 305 g/mol. The second-order valence-electron chi connectivity index (χ2n) is 4.63. The highest BCUT2D eigenvalue weighted by Crippen LogP contribution is 2.19. The van der Waals surface area contributed by atoms with Crippen LogP contribution in [-0.4, -0.2) is 45.6 Å². The summed E-state index contributed by atoms with van der Waals surface area (Å²) in [6.07, 6.45) is 1.84. The number of imidazole rings is 1. The van der Waals surface area contributed by atoms with E-state index in [0.717, 1.165) is 22.7 Å². The Morgan fingerprint density at radius 3 is 2.63 bits per heavy atom. The van der Waals surface area contributed by atoms with E-state index >= 15 is 0 Å². The summed E-state index contributed by atoms with van der Waals surface area (Å²) in [4.78, 5) is 4.52. The van der Waals surface area contributed by atoms with E-state index in [2.05, 4.69) is 10.1 Å². The minimum absolute atomic E-state index is 0.0813. The maximum absolute atomic E-state index is 11.3. The Kier molecular flexibility index (Phi) is 3.87. The molecular formula is C11H17ClN4O2S. The van der Waals surface area contributed by atoms with Crippen molar-refractivity contribution in [2.24, 2.45) is 7.05 Å². The molecule has 0 aliphatic carbocycles. The summed E-state index contributed by atoms with van der Waals surface area (Å²) in [6.45, 7) is 2.27. The van der Waals surface area contributed by atoms with Crippen molar-refractivity contribution in [3.8, 4) is 0 Å². The lowest BCUT2D eigenvalue weighted by atomic mass is 10.4. The van der Waals surface area contributed by atoms with Crippen LogP contribution in [0.1, 0.15) is 11.5 Å². The molecule has 8 heteroatoms. The number of aromatic nitrogens is 4. The molecule has 2 aromatic heterocycles. The van der Waals surface area contributed by atoms with Gasteiger partial charge in [-0.1, -0.05) is 0 Å². The van der Waals surface area contributed by atoms with E-state index in [0.29, 0.717) is 18.8 Å². The van der Waals surface area contributed by atoms with Crippen molar-refractivity contribution in [2.45, 2.75) is 19.9 Å². The summed E-state index contributed by atoms with van der Waals surface area (Å²) in [5, 5.41) is 4.31. The zero-order valence-electron chi connectivity index (χ0n) is 11.2. The standard InChI is InChI=1S/C11H17ClN4O2S/c1-8-10-11(15(2)14-8)16(6-7-19(3,17)18)9(13-10)4-5-12/h4-7H2,1-3H3. The molecule has 0 amide bonds. The van der Waals surface area contributed by atoms with Crippen LogP contribution >= 0.6 is 11.6 Å². The molecule has 0 saturated carbocycles. The van der Waals surface area contributed by atoms with E-state index in [9.17, 15) is 8.42 Å². The van der Waals surface area contributed by atoms with Crippen LogP contribution in [0.4, 0.5) is 0 Å². The number of aryl methyl sites for hydroxylation is 4. The van der Waals surface area contributed by atoms with Gasteiger partial charge in [-0.2, -0.15) is 5.10 Å².